The van der Waals surface area contributed by atoms with Crippen LogP contribution in [-0.4, -0.2) is 5.78 Å². The third kappa shape index (κ3) is 2.05. The number of hydrogen-bond acceptors (Lipinski definition) is 1. The van der Waals surface area contributed by atoms with Crippen LogP contribution >= 0.6 is 15.9 Å². The normalized spacial score (nSPS) is 9.50. The second kappa shape index (κ2) is 3.68. The molecule has 62 valence electrons. The molecule has 0 aliphatic heterocycles. The van der Waals surface area contributed by atoms with Gasteiger partial charge in [0.25, 0.3) is 0 Å². The SMILES string of the molecule is C=C(C)C(=O)c1ccc(Br)cc1. The number of allylic oxidation sites excluding steroid dienone is 1. The van der Waals surface area contributed by atoms with Crippen molar-refractivity contribution in [3.63, 3.8) is 0 Å². The minimum atomic E-state index is 0.00231. The highest BCUT2D eigenvalue weighted by Gasteiger charge is 2.04. The Hall–Kier alpha value is -0.890. The highest BCUT2D eigenvalue weighted by Crippen LogP contribution is 2.12. The van der Waals surface area contributed by atoms with Gasteiger partial charge >= 0.3 is 0 Å². The fourth-order valence-electron chi connectivity index (χ4n) is 0.848. The Labute approximate surface area is 80.2 Å². The molecule has 0 radical (unpaired) electrons. The van der Waals surface area contributed by atoms with Gasteiger partial charge in [-0.05, 0) is 36.8 Å². The molecule has 0 saturated carbocycles. The van der Waals surface area contributed by atoms with E-state index >= 15 is 0 Å². The van der Waals surface area contributed by atoms with Crippen LogP contribution in [0.2, 0.25) is 0 Å². The smallest absolute Gasteiger partial charge is 0.188 e. The van der Waals surface area contributed by atoms with Crippen molar-refractivity contribution in [3.05, 3.63) is 46.5 Å². The number of carbonyl (C=O) groups is 1. The molecule has 0 unspecified atom stereocenters. The van der Waals surface area contributed by atoms with Crippen molar-refractivity contribution in [1.29, 1.82) is 0 Å². The van der Waals surface area contributed by atoms with Gasteiger partial charge in [-0.3, -0.25) is 4.79 Å². The topological polar surface area (TPSA) is 17.1 Å². The molecule has 1 nitrogen and oxygen atoms in total. The molecule has 0 aromatic heterocycles. The molecule has 0 bridgehead atoms. The summed E-state index contributed by atoms with van der Waals surface area (Å²) in [6, 6.07) is 7.24. The maximum absolute atomic E-state index is 11.3. The van der Waals surface area contributed by atoms with E-state index in [4.69, 9.17) is 0 Å². The summed E-state index contributed by atoms with van der Waals surface area (Å²) in [7, 11) is 0. The lowest BCUT2D eigenvalue weighted by Crippen LogP contribution is -1.98. The molecule has 0 aliphatic rings. The first-order chi connectivity index (χ1) is 5.61. The van der Waals surface area contributed by atoms with Crippen LogP contribution < -0.4 is 0 Å². The Bertz CT molecular complexity index is 311. The monoisotopic (exact) mass is 224 g/mol. The van der Waals surface area contributed by atoms with E-state index in [0.29, 0.717) is 11.1 Å². The third-order valence-electron chi connectivity index (χ3n) is 1.49. The van der Waals surface area contributed by atoms with Crippen molar-refractivity contribution in [2.45, 2.75) is 6.92 Å². The van der Waals surface area contributed by atoms with Crippen LogP contribution in [0.1, 0.15) is 17.3 Å². The van der Waals surface area contributed by atoms with Crippen molar-refractivity contribution >= 4 is 21.7 Å². The van der Waals surface area contributed by atoms with Gasteiger partial charge in [0.2, 0.25) is 0 Å². The standard InChI is InChI=1S/C10H9BrO/c1-7(2)10(12)8-3-5-9(11)6-4-8/h3-6H,1H2,2H3. The Morgan fingerprint density at radius 1 is 1.33 bits per heavy atom. The van der Waals surface area contributed by atoms with E-state index in [0.717, 1.165) is 4.47 Å². The lowest BCUT2D eigenvalue weighted by Gasteiger charge is -1.98. The fourth-order valence-corrected chi connectivity index (χ4v) is 1.11. The number of hydrogen-bond donors (Lipinski definition) is 0. The van der Waals surface area contributed by atoms with E-state index in [-0.39, 0.29) is 5.78 Å². The first-order valence-corrected chi connectivity index (χ1v) is 4.36. The van der Waals surface area contributed by atoms with E-state index in [1.54, 1.807) is 19.1 Å². The van der Waals surface area contributed by atoms with Crippen LogP contribution in [0.3, 0.4) is 0 Å². The zero-order valence-corrected chi connectivity index (χ0v) is 8.39. The quantitative estimate of drug-likeness (QED) is 0.557. The van der Waals surface area contributed by atoms with Crippen LogP contribution in [0.15, 0.2) is 40.9 Å². The Morgan fingerprint density at radius 3 is 2.25 bits per heavy atom. The van der Waals surface area contributed by atoms with Crippen molar-refractivity contribution in [1.82, 2.24) is 0 Å². The average molecular weight is 225 g/mol. The van der Waals surface area contributed by atoms with Crippen molar-refractivity contribution in [3.8, 4) is 0 Å². The predicted molar refractivity (Wildman–Crippen MR) is 53.3 cm³/mol. The summed E-state index contributed by atoms with van der Waals surface area (Å²) in [5.41, 5.74) is 1.25. The number of Topliss-reactive ketones (excluding diaryl/α,β-unsaturated/α-hetero) is 1. The first kappa shape index (κ1) is 9.20. The molecule has 0 heterocycles. The molecule has 1 rings (SSSR count). The summed E-state index contributed by atoms with van der Waals surface area (Å²) in [4.78, 5) is 11.3. The number of halogens is 1. The fraction of sp³-hybridized carbons (Fsp3) is 0.100. The molecule has 0 amide bonds. The molecule has 0 aliphatic carbocycles. The minimum absolute atomic E-state index is 0.00231. The molecule has 0 saturated heterocycles. The molecule has 1 aromatic carbocycles. The number of benzene rings is 1. The average Bonchev–Trinajstić information content (AvgIpc) is 2.04. The molecule has 0 atom stereocenters. The molecule has 2 heteroatoms. The second-order valence-electron chi connectivity index (χ2n) is 2.62. The summed E-state index contributed by atoms with van der Waals surface area (Å²) >= 11 is 3.30. The number of rotatable bonds is 2. The summed E-state index contributed by atoms with van der Waals surface area (Å²) in [5.74, 6) is 0.00231. The zero-order chi connectivity index (χ0) is 9.14. The van der Waals surface area contributed by atoms with E-state index in [2.05, 4.69) is 22.5 Å². The van der Waals surface area contributed by atoms with Gasteiger partial charge in [-0.25, -0.2) is 0 Å². The first-order valence-electron chi connectivity index (χ1n) is 3.57. The molecule has 1 aromatic rings. The lowest BCUT2D eigenvalue weighted by atomic mass is 10.1. The summed E-state index contributed by atoms with van der Waals surface area (Å²) in [6.07, 6.45) is 0. The highest BCUT2D eigenvalue weighted by molar-refractivity contribution is 9.10. The molecule has 12 heavy (non-hydrogen) atoms. The molecule has 0 N–H and O–H groups in total. The van der Waals surface area contributed by atoms with E-state index in [1.807, 2.05) is 12.1 Å². The van der Waals surface area contributed by atoms with Gasteiger partial charge in [-0.15, -0.1) is 0 Å². The van der Waals surface area contributed by atoms with Crippen molar-refractivity contribution < 1.29 is 4.79 Å². The summed E-state index contributed by atoms with van der Waals surface area (Å²) in [5, 5.41) is 0. The van der Waals surface area contributed by atoms with Gasteiger partial charge in [-0.2, -0.15) is 0 Å². The van der Waals surface area contributed by atoms with E-state index in [1.165, 1.54) is 0 Å². The highest BCUT2D eigenvalue weighted by atomic mass is 79.9. The van der Waals surface area contributed by atoms with Crippen molar-refractivity contribution in [2.75, 3.05) is 0 Å². The summed E-state index contributed by atoms with van der Waals surface area (Å²) in [6.45, 7) is 5.31. The van der Waals surface area contributed by atoms with Gasteiger partial charge in [-0.1, -0.05) is 22.5 Å². The lowest BCUT2D eigenvalue weighted by molar-refractivity contribution is 0.103. The van der Waals surface area contributed by atoms with Crippen LogP contribution in [-0.2, 0) is 0 Å². The van der Waals surface area contributed by atoms with E-state index < -0.39 is 0 Å². The van der Waals surface area contributed by atoms with Crippen LogP contribution in [0.4, 0.5) is 0 Å². The van der Waals surface area contributed by atoms with Crippen LogP contribution in [0.5, 0.6) is 0 Å². The Morgan fingerprint density at radius 2 is 1.83 bits per heavy atom. The minimum Gasteiger partial charge on any atom is -0.289 e. The maximum atomic E-state index is 11.3. The van der Waals surface area contributed by atoms with Gasteiger partial charge in [0.15, 0.2) is 5.78 Å². The summed E-state index contributed by atoms with van der Waals surface area (Å²) < 4.78 is 0.973. The third-order valence-corrected chi connectivity index (χ3v) is 2.02. The molecule has 0 fully saturated rings. The zero-order valence-electron chi connectivity index (χ0n) is 6.80. The van der Waals surface area contributed by atoms with Gasteiger partial charge in [0.1, 0.15) is 0 Å². The maximum Gasteiger partial charge on any atom is 0.188 e. The Balaban J connectivity index is 2.98. The molecular formula is C10H9BrO. The molecular weight excluding hydrogens is 216 g/mol. The van der Waals surface area contributed by atoms with Gasteiger partial charge in [0.05, 0.1) is 0 Å². The second-order valence-corrected chi connectivity index (χ2v) is 3.53. The number of ketones is 1. The largest absolute Gasteiger partial charge is 0.289 e. The van der Waals surface area contributed by atoms with Crippen LogP contribution in [0, 0.1) is 0 Å². The van der Waals surface area contributed by atoms with E-state index in [9.17, 15) is 4.79 Å². The van der Waals surface area contributed by atoms with Gasteiger partial charge in [0, 0.05) is 10.0 Å². The molecule has 0 spiro atoms. The van der Waals surface area contributed by atoms with Crippen LogP contribution in [0.25, 0.3) is 0 Å². The Kier molecular flexibility index (Phi) is 2.82. The number of carbonyl (C=O) groups excluding carboxylic acids is 1. The predicted octanol–water partition coefficient (Wildman–Crippen LogP) is 3.21. The van der Waals surface area contributed by atoms with Crippen molar-refractivity contribution in [2.24, 2.45) is 0 Å². The van der Waals surface area contributed by atoms with Gasteiger partial charge < -0.3 is 0 Å².